The number of ketones is 1. The van der Waals surface area contributed by atoms with Gasteiger partial charge in [-0.1, -0.05) is 45.4 Å². The molecule has 8 bridgehead atoms. The van der Waals surface area contributed by atoms with Crippen molar-refractivity contribution in [2.45, 2.75) is 86.9 Å². The summed E-state index contributed by atoms with van der Waals surface area (Å²) in [7, 11) is 1.35. The third-order valence-electron chi connectivity index (χ3n) is 11.5. The van der Waals surface area contributed by atoms with Crippen LogP contribution >= 0.6 is 0 Å². The largest absolute Gasteiger partial charge is 0.468 e. The maximum absolute atomic E-state index is 14.3. The van der Waals surface area contributed by atoms with Crippen LogP contribution in [0.15, 0.2) is 29.6 Å². The molecule has 2 fully saturated rings. The molecule has 0 spiro atoms. The number of carbonyl (C=O) groups excluding carboxylic acids is 2. The van der Waals surface area contributed by atoms with E-state index in [0.29, 0.717) is 23.4 Å². The Hall–Kier alpha value is -4.60. The molecular formula is C42H51N4O5+. The maximum atomic E-state index is 14.3. The number of methoxy groups -OCH3 is 1. The number of nitrogens with one attached hydrogen (secondary N) is 4. The van der Waals surface area contributed by atoms with E-state index >= 15 is 0 Å². The smallest absolute Gasteiger partial charge is 0.370 e. The number of carbonyl (C=O) groups is 2. The molecule has 4 N–H and O–H groups in total. The molecule has 0 amide bonds. The van der Waals surface area contributed by atoms with Crippen LogP contribution in [0.1, 0.15) is 114 Å². The number of Topliss-reactive ketones (excluding diaryl/α,β-unsaturated/α-hetero) is 1. The summed E-state index contributed by atoms with van der Waals surface area (Å²) in [6.07, 6.45) is 15.2. The van der Waals surface area contributed by atoms with Crippen molar-refractivity contribution in [3.05, 3.63) is 96.5 Å². The van der Waals surface area contributed by atoms with Crippen molar-refractivity contribution in [1.29, 1.82) is 0 Å². The van der Waals surface area contributed by atoms with Gasteiger partial charge in [-0.15, -0.1) is 0 Å². The lowest BCUT2D eigenvalue weighted by molar-refractivity contribution is -0.141. The predicted octanol–water partition coefficient (Wildman–Crippen LogP) is 6.72. The van der Waals surface area contributed by atoms with E-state index in [-0.39, 0.29) is 23.9 Å². The minimum Gasteiger partial charge on any atom is -0.468 e. The number of hydrogen-bond acceptors (Lipinski definition) is 5. The van der Waals surface area contributed by atoms with Gasteiger partial charge in [0, 0.05) is 67.7 Å². The van der Waals surface area contributed by atoms with Crippen LogP contribution in [-0.2, 0) is 25.4 Å². The van der Waals surface area contributed by atoms with E-state index in [9.17, 15) is 9.59 Å². The summed E-state index contributed by atoms with van der Waals surface area (Å²) in [6, 6.07) is 0. The fraction of sp³-hybridized carbons (Fsp3) is 0.429. The molecule has 268 valence electrons. The first-order chi connectivity index (χ1) is 24.5. The summed E-state index contributed by atoms with van der Waals surface area (Å²) >= 11 is 0. The minimum atomic E-state index is -1.06. The highest BCUT2D eigenvalue weighted by molar-refractivity contribution is 6.24. The van der Waals surface area contributed by atoms with E-state index < -0.39 is 11.9 Å². The van der Waals surface area contributed by atoms with Crippen molar-refractivity contribution < 1.29 is 23.7 Å². The molecule has 1 aliphatic carbocycles. The van der Waals surface area contributed by atoms with Crippen molar-refractivity contribution in [3.63, 3.8) is 0 Å². The quantitative estimate of drug-likeness (QED) is 0.0471. The Morgan fingerprint density at radius 2 is 1.75 bits per heavy atom. The number of esters is 1. The molecule has 4 aliphatic rings. The van der Waals surface area contributed by atoms with Crippen LogP contribution in [0.3, 0.4) is 0 Å². The second-order valence-electron chi connectivity index (χ2n) is 14.5. The maximum Gasteiger partial charge on any atom is 0.370 e. The molecule has 3 aromatic heterocycles. The second-order valence-corrected chi connectivity index (χ2v) is 14.5. The van der Waals surface area contributed by atoms with Crippen LogP contribution in [0.5, 0.6) is 0 Å². The molecule has 51 heavy (non-hydrogen) atoms. The van der Waals surface area contributed by atoms with E-state index in [2.05, 4.69) is 97.2 Å². The van der Waals surface area contributed by atoms with Crippen LogP contribution in [-0.4, -0.2) is 46.7 Å². The molecule has 0 aromatic carbocycles. The van der Waals surface area contributed by atoms with Gasteiger partial charge in [0.15, 0.2) is 5.78 Å². The second kappa shape index (κ2) is 13.5. The molecule has 9 nitrogen and oxygen atoms in total. The first kappa shape index (κ1) is 34.8. The van der Waals surface area contributed by atoms with Gasteiger partial charge in [-0.2, -0.15) is 4.52 Å². The summed E-state index contributed by atoms with van der Waals surface area (Å²) in [4.78, 5) is 44.7. The van der Waals surface area contributed by atoms with Crippen LogP contribution in [0.25, 0.3) is 29.9 Å². The van der Waals surface area contributed by atoms with Gasteiger partial charge >= 0.3 is 12.3 Å². The number of rotatable bonds is 10. The lowest BCUT2D eigenvalue weighted by atomic mass is 9.85. The standard InChI is InChI=1S/C42H50N4O5/c1-10-13-21(4)16-17-51-35(50-51)15-14-28-24(7)31-18-29-22(5)26(11-2)33(43-29)19-30-23(6)27(12-3)34(44-30)20-32-25(8)36-40(46-32)37(39(28)45-31)38(41(36)47)42(48)49-9/h11,16,18-20,24,28,35,38,43-44H,2,10,12-15,17H2,1,3-9H3,(H-,45,46,47)/p+1/b21-16+,30-19-,31-18-,34-20-/t24-,28-,35?,38+/m0/s1. The highest BCUT2D eigenvalue weighted by Gasteiger charge is 2.51. The van der Waals surface area contributed by atoms with Crippen LogP contribution < -0.4 is 16.0 Å². The summed E-state index contributed by atoms with van der Waals surface area (Å²) in [5.41, 5.74) is 13.4. The topological polar surface area (TPSA) is 118 Å². The lowest BCUT2D eigenvalue weighted by Gasteiger charge is -2.19. The fourth-order valence-electron chi connectivity index (χ4n) is 8.48. The average molecular weight is 692 g/mol. The number of H-pyrrole nitrogens is 3. The average Bonchev–Trinajstić information content (AvgIpc) is 3.24. The summed E-state index contributed by atoms with van der Waals surface area (Å²) < 4.78 is 8.24. The highest BCUT2D eigenvalue weighted by atomic mass is 17.5. The van der Waals surface area contributed by atoms with Gasteiger partial charge in [-0.05, 0) is 98.4 Å². The van der Waals surface area contributed by atoms with Crippen LogP contribution in [0.4, 0.5) is 0 Å². The summed E-state index contributed by atoms with van der Waals surface area (Å²) in [5, 5.41) is 5.79. The Balaban J connectivity index is 1.41. The summed E-state index contributed by atoms with van der Waals surface area (Å²) in [6.45, 7) is 19.8. The number of aromatic amines is 3. The Morgan fingerprint density at radius 1 is 1.00 bits per heavy atom. The Bertz CT molecular complexity index is 2170. The Kier molecular flexibility index (Phi) is 9.23. The SMILES string of the molecule is C=Cc1c2[nH]c(c1C)/C=C1\N/C(=C3\c4[nH]c(c(C)c4C(=O)[C@@H]3C(=O)OC)/C=c3\[nH]/c(c(C)c3CC)=C\2)[C@@H](CCC2O[O+]2C/C=C(\C)CCC)[C@@H]1C. The first-order valence-corrected chi connectivity index (χ1v) is 18.4. The van der Waals surface area contributed by atoms with Crippen molar-refractivity contribution in [2.75, 3.05) is 13.7 Å². The Labute approximate surface area is 299 Å². The van der Waals surface area contributed by atoms with Gasteiger partial charge < -0.3 is 25.0 Å². The van der Waals surface area contributed by atoms with E-state index in [1.807, 2.05) is 13.0 Å². The number of allylic oxidation sites excluding steroid dienone is 3. The fourth-order valence-corrected chi connectivity index (χ4v) is 8.48. The number of fused-ring (bicyclic) bond motifs is 7. The van der Waals surface area contributed by atoms with Gasteiger partial charge in [-0.25, -0.2) is 0 Å². The van der Waals surface area contributed by atoms with Crippen LogP contribution in [0.2, 0.25) is 0 Å². The van der Waals surface area contributed by atoms with Gasteiger partial charge in [-0.3, -0.25) is 9.59 Å². The van der Waals surface area contributed by atoms with E-state index in [4.69, 9.17) is 9.62 Å². The van der Waals surface area contributed by atoms with Crippen molar-refractivity contribution >= 4 is 41.6 Å². The molecule has 3 aromatic rings. The molecule has 6 heterocycles. The van der Waals surface area contributed by atoms with E-state index in [1.165, 1.54) is 23.8 Å². The summed E-state index contributed by atoms with van der Waals surface area (Å²) in [5.74, 6) is -1.77. The zero-order valence-corrected chi connectivity index (χ0v) is 31.2. The third kappa shape index (κ3) is 5.90. The van der Waals surface area contributed by atoms with Gasteiger partial charge in [0.05, 0.1) is 19.2 Å². The zero-order valence-electron chi connectivity index (χ0n) is 31.2. The van der Waals surface area contributed by atoms with Crippen molar-refractivity contribution in [3.8, 4) is 0 Å². The monoisotopic (exact) mass is 691 g/mol. The highest BCUT2D eigenvalue weighted by Crippen LogP contribution is 2.49. The minimum absolute atomic E-state index is 0.00652. The molecule has 1 unspecified atom stereocenters. The first-order valence-electron chi connectivity index (χ1n) is 18.4. The van der Waals surface area contributed by atoms with Crippen molar-refractivity contribution in [2.24, 2.45) is 17.8 Å². The normalized spacial score (nSPS) is 26.2. The molecule has 3 aliphatic heterocycles. The molecule has 7 rings (SSSR count). The molecule has 2 saturated heterocycles. The van der Waals surface area contributed by atoms with E-state index in [1.54, 1.807) is 0 Å². The molecule has 9 heteroatoms. The van der Waals surface area contributed by atoms with E-state index in [0.717, 1.165) is 88.0 Å². The van der Waals surface area contributed by atoms with Gasteiger partial charge in [0.2, 0.25) is 6.61 Å². The molecule has 0 radical (unpaired) electrons. The van der Waals surface area contributed by atoms with Crippen molar-refractivity contribution in [1.82, 2.24) is 20.3 Å². The third-order valence-corrected chi connectivity index (χ3v) is 11.5. The number of ether oxygens (including phenoxy) is 1. The van der Waals surface area contributed by atoms with Gasteiger partial charge in [0.1, 0.15) is 5.92 Å². The van der Waals surface area contributed by atoms with Gasteiger partial charge in [0.25, 0.3) is 0 Å². The molecule has 4 atom stereocenters. The number of aromatic nitrogens is 3. The molecular weight excluding hydrogens is 640 g/mol. The number of hydrogen-bond donors (Lipinski definition) is 4. The predicted molar refractivity (Wildman–Crippen MR) is 202 cm³/mol. The van der Waals surface area contributed by atoms with Crippen LogP contribution in [0, 0.1) is 38.5 Å². The molecule has 0 saturated carbocycles. The lowest BCUT2D eigenvalue weighted by Crippen LogP contribution is -2.25. The Morgan fingerprint density at radius 3 is 2.45 bits per heavy atom. The zero-order chi connectivity index (χ0) is 36.3.